The van der Waals surface area contributed by atoms with Crippen LogP contribution < -0.4 is 0 Å². The number of hydrogen-bond donors (Lipinski definition) is 0. The van der Waals surface area contributed by atoms with Crippen LogP contribution in [0.5, 0.6) is 0 Å². The Morgan fingerprint density at radius 1 is 1.37 bits per heavy atom. The molecule has 0 aromatic heterocycles. The zero-order chi connectivity index (χ0) is 13.3. The van der Waals surface area contributed by atoms with Crippen molar-refractivity contribution in [3.63, 3.8) is 0 Å². The molecule has 1 aromatic rings. The summed E-state index contributed by atoms with van der Waals surface area (Å²) in [6.07, 6.45) is 7.90. The zero-order valence-corrected chi connectivity index (χ0v) is 11.0. The fourth-order valence-electron chi connectivity index (χ4n) is 3.17. The highest BCUT2D eigenvalue weighted by molar-refractivity contribution is 5.88. The average molecular weight is 255 g/mol. The Morgan fingerprint density at radius 2 is 2.16 bits per heavy atom. The molecule has 3 heteroatoms. The summed E-state index contributed by atoms with van der Waals surface area (Å²) in [4.78, 5) is 16.8. The van der Waals surface area contributed by atoms with Crippen molar-refractivity contribution in [1.29, 1.82) is 0 Å². The highest BCUT2D eigenvalue weighted by Gasteiger charge is 2.54. The minimum atomic E-state index is -0.704. The molecule has 1 fully saturated rings. The van der Waals surface area contributed by atoms with E-state index >= 15 is 0 Å². The second-order valence-electron chi connectivity index (χ2n) is 5.28. The predicted octanol–water partition coefficient (Wildman–Crippen LogP) is 2.61. The van der Waals surface area contributed by atoms with Gasteiger partial charge in [0.05, 0.1) is 7.11 Å². The molecule has 0 unspecified atom stereocenters. The fourth-order valence-corrected chi connectivity index (χ4v) is 3.17. The summed E-state index contributed by atoms with van der Waals surface area (Å²) in [6, 6.07) is 9.86. The van der Waals surface area contributed by atoms with Gasteiger partial charge in [0.15, 0.2) is 5.54 Å². The van der Waals surface area contributed by atoms with E-state index in [1.54, 1.807) is 6.21 Å². The topological polar surface area (TPSA) is 38.7 Å². The van der Waals surface area contributed by atoms with Crippen LogP contribution >= 0.6 is 0 Å². The van der Waals surface area contributed by atoms with Gasteiger partial charge in [-0.2, -0.15) is 0 Å². The maximum atomic E-state index is 12.2. The maximum Gasteiger partial charge on any atom is 0.334 e. The molecule has 0 spiro atoms. The SMILES string of the molecule is COC(=O)[C@]1(N=Cc2ccccc2)C[C@H]2C=C[C@@H]1C2. The highest BCUT2D eigenvalue weighted by Crippen LogP contribution is 2.49. The molecule has 1 aromatic carbocycles. The van der Waals surface area contributed by atoms with Gasteiger partial charge in [-0.15, -0.1) is 0 Å². The van der Waals surface area contributed by atoms with Crippen molar-refractivity contribution in [3.05, 3.63) is 48.0 Å². The van der Waals surface area contributed by atoms with Gasteiger partial charge in [-0.3, -0.25) is 4.99 Å². The quantitative estimate of drug-likeness (QED) is 0.473. The van der Waals surface area contributed by atoms with Crippen LogP contribution in [0.3, 0.4) is 0 Å². The predicted molar refractivity (Wildman–Crippen MR) is 74.1 cm³/mol. The molecule has 3 rings (SSSR count). The van der Waals surface area contributed by atoms with Crippen molar-refractivity contribution in [1.82, 2.24) is 0 Å². The summed E-state index contributed by atoms with van der Waals surface area (Å²) in [5.41, 5.74) is 0.307. The second-order valence-corrected chi connectivity index (χ2v) is 5.28. The van der Waals surface area contributed by atoms with Crippen molar-refractivity contribution >= 4 is 12.2 Å². The fraction of sp³-hybridized carbons (Fsp3) is 0.375. The Balaban J connectivity index is 1.92. The van der Waals surface area contributed by atoms with Crippen LogP contribution in [0.15, 0.2) is 47.5 Å². The van der Waals surface area contributed by atoms with Crippen LogP contribution in [-0.2, 0) is 9.53 Å². The summed E-state index contributed by atoms with van der Waals surface area (Å²) in [6.45, 7) is 0. The molecule has 3 nitrogen and oxygen atoms in total. The number of benzene rings is 1. The molecule has 0 radical (unpaired) electrons. The van der Waals surface area contributed by atoms with Gasteiger partial charge in [0.25, 0.3) is 0 Å². The molecule has 2 aliphatic rings. The van der Waals surface area contributed by atoms with E-state index in [1.807, 2.05) is 30.3 Å². The molecule has 0 aliphatic heterocycles. The number of esters is 1. The second kappa shape index (κ2) is 4.65. The van der Waals surface area contributed by atoms with Crippen molar-refractivity contribution in [3.8, 4) is 0 Å². The molecule has 0 heterocycles. The molecular formula is C16H17NO2. The van der Waals surface area contributed by atoms with E-state index in [1.165, 1.54) is 7.11 Å². The van der Waals surface area contributed by atoms with Crippen molar-refractivity contribution < 1.29 is 9.53 Å². The standard InChI is InChI=1S/C16H17NO2/c1-19-15(18)16(10-13-7-8-14(16)9-13)17-11-12-5-3-2-4-6-12/h2-8,11,13-14H,9-10H2,1H3/t13-,14+,16-/m0/s1. The van der Waals surface area contributed by atoms with E-state index in [0.717, 1.165) is 18.4 Å². The Labute approximate surface area is 113 Å². The van der Waals surface area contributed by atoms with E-state index in [9.17, 15) is 4.79 Å². The smallest absolute Gasteiger partial charge is 0.334 e. The summed E-state index contributed by atoms with van der Waals surface area (Å²) < 4.78 is 4.99. The van der Waals surface area contributed by atoms with Crippen molar-refractivity contribution in [2.45, 2.75) is 18.4 Å². The highest BCUT2D eigenvalue weighted by atomic mass is 16.5. The van der Waals surface area contributed by atoms with Gasteiger partial charge >= 0.3 is 5.97 Å². The number of ether oxygens (including phenoxy) is 1. The third-order valence-corrected chi connectivity index (χ3v) is 4.14. The van der Waals surface area contributed by atoms with E-state index < -0.39 is 5.54 Å². The molecule has 2 aliphatic carbocycles. The minimum Gasteiger partial charge on any atom is -0.467 e. The van der Waals surface area contributed by atoms with Crippen LogP contribution in [0.1, 0.15) is 18.4 Å². The first-order valence-corrected chi connectivity index (χ1v) is 6.61. The lowest BCUT2D eigenvalue weighted by Crippen LogP contribution is -2.41. The first-order valence-electron chi connectivity index (χ1n) is 6.61. The largest absolute Gasteiger partial charge is 0.467 e. The monoisotopic (exact) mass is 255 g/mol. The van der Waals surface area contributed by atoms with E-state index in [0.29, 0.717) is 5.92 Å². The van der Waals surface area contributed by atoms with E-state index in [-0.39, 0.29) is 11.9 Å². The van der Waals surface area contributed by atoms with Gasteiger partial charge in [0.1, 0.15) is 0 Å². The molecule has 0 amide bonds. The van der Waals surface area contributed by atoms with Gasteiger partial charge in [-0.25, -0.2) is 4.79 Å². The number of rotatable bonds is 3. The summed E-state index contributed by atoms with van der Waals surface area (Å²) in [5, 5.41) is 0. The number of carbonyl (C=O) groups is 1. The number of carbonyl (C=O) groups excluding carboxylic acids is 1. The van der Waals surface area contributed by atoms with Crippen molar-refractivity contribution in [2.24, 2.45) is 16.8 Å². The summed E-state index contributed by atoms with van der Waals surface area (Å²) >= 11 is 0. The number of methoxy groups -OCH3 is 1. The lowest BCUT2D eigenvalue weighted by molar-refractivity contribution is -0.147. The number of allylic oxidation sites excluding steroid dienone is 1. The van der Waals surface area contributed by atoms with Crippen molar-refractivity contribution in [2.75, 3.05) is 7.11 Å². The molecule has 0 N–H and O–H groups in total. The molecule has 19 heavy (non-hydrogen) atoms. The van der Waals surface area contributed by atoms with Gasteiger partial charge in [0.2, 0.25) is 0 Å². The summed E-state index contributed by atoms with van der Waals surface area (Å²) in [5.74, 6) is 0.443. The molecule has 98 valence electrons. The summed E-state index contributed by atoms with van der Waals surface area (Å²) in [7, 11) is 1.44. The lowest BCUT2D eigenvalue weighted by atomic mass is 9.85. The maximum absolute atomic E-state index is 12.2. The third-order valence-electron chi connectivity index (χ3n) is 4.14. The van der Waals surface area contributed by atoms with E-state index in [2.05, 4.69) is 17.1 Å². The normalized spacial score (nSPS) is 32.1. The average Bonchev–Trinajstić information content (AvgIpc) is 3.06. The van der Waals surface area contributed by atoms with Gasteiger partial charge in [-0.1, -0.05) is 42.5 Å². The number of hydrogen-bond acceptors (Lipinski definition) is 3. The van der Waals surface area contributed by atoms with E-state index in [4.69, 9.17) is 4.74 Å². The first kappa shape index (κ1) is 12.2. The third kappa shape index (κ3) is 1.99. The lowest BCUT2D eigenvalue weighted by Gasteiger charge is -2.28. The molecular weight excluding hydrogens is 238 g/mol. The molecule has 3 atom stereocenters. The Hall–Kier alpha value is -1.90. The number of fused-ring (bicyclic) bond motifs is 2. The molecule has 2 bridgehead atoms. The van der Waals surface area contributed by atoms with Gasteiger partial charge in [0, 0.05) is 12.1 Å². The Kier molecular flexibility index (Phi) is 2.97. The van der Waals surface area contributed by atoms with Crippen LogP contribution in [0.2, 0.25) is 0 Å². The first-order chi connectivity index (χ1) is 9.24. The number of aliphatic imine (C=N–C) groups is 1. The molecule has 1 saturated carbocycles. The zero-order valence-electron chi connectivity index (χ0n) is 11.0. The van der Waals surface area contributed by atoms with Crippen LogP contribution in [-0.4, -0.2) is 24.8 Å². The Morgan fingerprint density at radius 3 is 2.74 bits per heavy atom. The number of nitrogens with zero attached hydrogens (tertiary/aromatic N) is 1. The Bertz CT molecular complexity index is 535. The van der Waals surface area contributed by atoms with Crippen LogP contribution in [0, 0.1) is 11.8 Å². The van der Waals surface area contributed by atoms with Crippen LogP contribution in [0.25, 0.3) is 0 Å². The van der Waals surface area contributed by atoms with Gasteiger partial charge < -0.3 is 4.74 Å². The van der Waals surface area contributed by atoms with Gasteiger partial charge in [-0.05, 0) is 24.3 Å². The molecule has 0 saturated heterocycles. The minimum absolute atomic E-state index is 0.185. The van der Waals surface area contributed by atoms with Crippen LogP contribution in [0.4, 0.5) is 0 Å².